The smallest absolute Gasteiger partial charge is 0.339 e. The Bertz CT molecular complexity index is 811. The number of pyridine rings is 1. The highest BCUT2D eigenvalue weighted by Crippen LogP contribution is 2.18. The first-order valence-corrected chi connectivity index (χ1v) is 6.82. The highest BCUT2D eigenvalue weighted by atomic mass is 16.6. The van der Waals surface area contributed by atoms with E-state index in [0.717, 1.165) is 0 Å². The molecule has 0 bridgehead atoms. The maximum absolute atomic E-state index is 11.9. The van der Waals surface area contributed by atoms with Crippen LogP contribution in [0.2, 0.25) is 0 Å². The van der Waals surface area contributed by atoms with Crippen LogP contribution in [0.4, 0.5) is 0 Å². The molecule has 120 valence electrons. The summed E-state index contributed by atoms with van der Waals surface area (Å²) in [5, 5.41) is 13.6. The number of carbonyl (C=O) groups is 2. The van der Waals surface area contributed by atoms with Crippen molar-refractivity contribution < 1.29 is 19.1 Å². The van der Waals surface area contributed by atoms with Gasteiger partial charge >= 0.3 is 11.9 Å². The number of carbonyl (C=O) groups excluding carboxylic acids is 2. The molecular formula is C15H16N4O4. The number of methoxy groups -OCH3 is 1. The van der Waals surface area contributed by atoms with Crippen LogP contribution in [-0.2, 0) is 20.8 Å². The van der Waals surface area contributed by atoms with Gasteiger partial charge in [-0.3, -0.25) is 4.79 Å². The summed E-state index contributed by atoms with van der Waals surface area (Å²) in [7, 11) is 1.25. The first-order chi connectivity index (χ1) is 10.7. The van der Waals surface area contributed by atoms with Crippen LogP contribution in [0.1, 0.15) is 36.8 Å². The van der Waals surface area contributed by atoms with Crippen molar-refractivity contribution in [3.05, 3.63) is 23.5 Å². The molecule has 0 unspecified atom stereocenters. The zero-order chi connectivity index (χ0) is 17.2. The first kappa shape index (κ1) is 16.4. The van der Waals surface area contributed by atoms with Crippen molar-refractivity contribution in [3.63, 3.8) is 0 Å². The molecule has 0 radical (unpaired) electrons. The number of fused-ring (bicyclic) bond motifs is 1. The lowest BCUT2D eigenvalue weighted by atomic mass is 10.2. The van der Waals surface area contributed by atoms with Gasteiger partial charge in [0.2, 0.25) is 0 Å². The van der Waals surface area contributed by atoms with Crippen LogP contribution in [0.5, 0.6) is 0 Å². The van der Waals surface area contributed by atoms with Crippen LogP contribution in [0.15, 0.2) is 12.3 Å². The maximum atomic E-state index is 11.9. The number of nitriles is 1. The van der Waals surface area contributed by atoms with Gasteiger partial charge < -0.3 is 9.47 Å². The molecule has 0 amide bonds. The molecule has 2 rings (SSSR count). The zero-order valence-electron chi connectivity index (χ0n) is 13.3. The van der Waals surface area contributed by atoms with Gasteiger partial charge in [-0.1, -0.05) is 0 Å². The van der Waals surface area contributed by atoms with E-state index in [4.69, 9.17) is 4.74 Å². The fourth-order valence-corrected chi connectivity index (χ4v) is 1.98. The molecule has 2 aromatic heterocycles. The fraction of sp³-hybridized carbons (Fsp3) is 0.400. The Kier molecular flexibility index (Phi) is 4.31. The molecule has 0 aliphatic rings. The lowest BCUT2D eigenvalue weighted by Gasteiger charge is -2.19. The second-order valence-electron chi connectivity index (χ2n) is 5.79. The highest BCUT2D eigenvalue weighted by molar-refractivity contribution is 5.94. The van der Waals surface area contributed by atoms with Gasteiger partial charge in [-0.05, 0) is 26.8 Å². The molecule has 0 saturated heterocycles. The molecule has 23 heavy (non-hydrogen) atoms. The predicted molar refractivity (Wildman–Crippen MR) is 79.4 cm³/mol. The Hall–Kier alpha value is -2.95. The molecule has 0 aliphatic heterocycles. The number of esters is 2. The average Bonchev–Trinajstić information content (AvgIpc) is 2.81. The second kappa shape index (κ2) is 6.04. The Balaban J connectivity index is 2.41. The molecule has 0 fully saturated rings. The van der Waals surface area contributed by atoms with Crippen molar-refractivity contribution in [1.82, 2.24) is 14.8 Å². The zero-order valence-corrected chi connectivity index (χ0v) is 13.3. The van der Waals surface area contributed by atoms with Crippen LogP contribution >= 0.6 is 0 Å². The third-order valence-electron chi connectivity index (χ3n) is 2.81. The Morgan fingerprint density at radius 2 is 2.09 bits per heavy atom. The number of ether oxygens (including phenoxy) is 2. The minimum absolute atomic E-state index is 0.0711. The number of aromatic nitrogens is 3. The summed E-state index contributed by atoms with van der Waals surface area (Å²) >= 11 is 0. The summed E-state index contributed by atoms with van der Waals surface area (Å²) in [5.74, 6) is -1.06. The quantitative estimate of drug-likeness (QED) is 0.788. The molecule has 0 atom stereocenters. The van der Waals surface area contributed by atoms with E-state index in [1.807, 2.05) is 6.07 Å². The predicted octanol–water partition coefficient (Wildman–Crippen LogP) is 1.43. The van der Waals surface area contributed by atoms with Gasteiger partial charge in [0.05, 0.1) is 18.1 Å². The number of hydrogen-bond donors (Lipinski definition) is 0. The Labute approximate surface area is 132 Å². The molecule has 0 aliphatic carbocycles. The van der Waals surface area contributed by atoms with E-state index in [0.29, 0.717) is 11.0 Å². The first-order valence-electron chi connectivity index (χ1n) is 6.82. The SMILES string of the molecule is COC(=O)c1cnc2c(c1)c(C#N)nn2CC(=O)OC(C)(C)C. The van der Waals surface area contributed by atoms with E-state index in [1.54, 1.807) is 20.8 Å². The summed E-state index contributed by atoms with van der Waals surface area (Å²) < 4.78 is 11.1. The lowest BCUT2D eigenvalue weighted by Crippen LogP contribution is -2.26. The molecule has 2 heterocycles. The summed E-state index contributed by atoms with van der Waals surface area (Å²) in [4.78, 5) is 27.6. The van der Waals surface area contributed by atoms with Crippen LogP contribution in [-0.4, -0.2) is 39.4 Å². The fourth-order valence-electron chi connectivity index (χ4n) is 1.98. The summed E-state index contributed by atoms with van der Waals surface area (Å²) in [6.07, 6.45) is 1.31. The van der Waals surface area contributed by atoms with Gasteiger partial charge in [-0.15, -0.1) is 0 Å². The van der Waals surface area contributed by atoms with Gasteiger partial charge in [-0.25, -0.2) is 14.5 Å². The summed E-state index contributed by atoms with van der Waals surface area (Å²) in [5.41, 5.74) is -0.0287. The maximum Gasteiger partial charge on any atom is 0.339 e. The van der Waals surface area contributed by atoms with Gasteiger partial charge in [0.1, 0.15) is 18.2 Å². The van der Waals surface area contributed by atoms with E-state index in [9.17, 15) is 14.9 Å². The van der Waals surface area contributed by atoms with E-state index >= 15 is 0 Å². The average molecular weight is 316 g/mol. The Morgan fingerprint density at radius 3 is 2.65 bits per heavy atom. The topological polar surface area (TPSA) is 107 Å². The van der Waals surface area contributed by atoms with Gasteiger partial charge in [0.25, 0.3) is 0 Å². The van der Waals surface area contributed by atoms with Crippen molar-refractivity contribution >= 4 is 23.0 Å². The van der Waals surface area contributed by atoms with Crippen LogP contribution < -0.4 is 0 Å². The third-order valence-corrected chi connectivity index (χ3v) is 2.81. The largest absolute Gasteiger partial charge is 0.465 e. The molecule has 2 aromatic rings. The molecule has 0 spiro atoms. The van der Waals surface area contributed by atoms with E-state index in [-0.39, 0.29) is 17.8 Å². The van der Waals surface area contributed by atoms with E-state index < -0.39 is 17.5 Å². The van der Waals surface area contributed by atoms with Crippen molar-refractivity contribution in [2.24, 2.45) is 0 Å². The van der Waals surface area contributed by atoms with Gasteiger partial charge in [0, 0.05) is 6.20 Å². The van der Waals surface area contributed by atoms with E-state index in [2.05, 4.69) is 14.8 Å². The number of nitrogens with zero attached hydrogens (tertiary/aromatic N) is 4. The van der Waals surface area contributed by atoms with Crippen LogP contribution in [0.3, 0.4) is 0 Å². The van der Waals surface area contributed by atoms with Crippen LogP contribution in [0, 0.1) is 11.3 Å². The van der Waals surface area contributed by atoms with Crippen molar-refractivity contribution in [2.75, 3.05) is 7.11 Å². The molecular weight excluding hydrogens is 300 g/mol. The molecule has 0 saturated carbocycles. The summed E-state index contributed by atoms with van der Waals surface area (Å²) in [6.45, 7) is 5.09. The van der Waals surface area contributed by atoms with E-state index in [1.165, 1.54) is 24.1 Å². The van der Waals surface area contributed by atoms with Crippen LogP contribution in [0.25, 0.3) is 11.0 Å². The van der Waals surface area contributed by atoms with Crippen molar-refractivity contribution in [2.45, 2.75) is 32.9 Å². The molecule has 0 N–H and O–H groups in total. The van der Waals surface area contributed by atoms with Crippen molar-refractivity contribution in [1.29, 1.82) is 5.26 Å². The number of hydrogen-bond acceptors (Lipinski definition) is 7. The third kappa shape index (κ3) is 3.63. The standard InChI is InChI=1S/C15H16N4O4/c1-15(2,3)23-12(20)8-19-13-10(11(6-16)18-19)5-9(7-17-13)14(21)22-4/h5,7H,8H2,1-4H3. The second-order valence-corrected chi connectivity index (χ2v) is 5.79. The number of rotatable bonds is 3. The summed E-state index contributed by atoms with van der Waals surface area (Å²) in [6, 6.07) is 3.38. The highest BCUT2D eigenvalue weighted by Gasteiger charge is 2.20. The lowest BCUT2D eigenvalue weighted by molar-refractivity contribution is -0.155. The molecule has 8 heteroatoms. The molecule has 8 nitrogen and oxygen atoms in total. The molecule has 0 aromatic carbocycles. The minimum Gasteiger partial charge on any atom is -0.465 e. The van der Waals surface area contributed by atoms with Gasteiger partial charge in [0.15, 0.2) is 11.3 Å². The van der Waals surface area contributed by atoms with Gasteiger partial charge in [-0.2, -0.15) is 10.4 Å². The monoisotopic (exact) mass is 316 g/mol. The minimum atomic E-state index is -0.621. The Morgan fingerprint density at radius 1 is 1.39 bits per heavy atom. The normalized spacial score (nSPS) is 11.1. The van der Waals surface area contributed by atoms with Crippen molar-refractivity contribution in [3.8, 4) is 6.07 Å².